The first-order chi connectivity index (χ1) is 7.70. The van der Waals surface area contributed by atoms with Gasteiger partial charge in [0.15, 0.2) is 0 Å². The van der Waals surface area contributed by atoms with Crippen LogP contribution in [0, 0.1) is 5.41 Å². The Balaban J connectivity index is 2.33. The van der Waals surface area contributed by atoms with Gasteiger partial charge in [0.05, 0.1) is 18.2 Å². The smallest absolute Gasteiger partial charge is 0.148 e. The number of ether oxygens (including phenoxy) is 1. The van der Waals surface area contributed by atoms with Gasteiger partial charge in [-0.2, -0.15) is 0 Å². The van der Waals surface area contributed by atoms with Crippen molar-refractivity contribution in [2.75, 3.05) is 31.2 Å². The fourth-order valence-corrected chi connectivity index (χ4v) is 1.97. The summed E-state index contributed by atoms with van der Waals surface area (Å²) in [4.78, 5) is 6.27. The van der Waals surface area contributed by atoms with Crippen LogP contribution in [0.25, 0.3) is 0 Å². The second-order valence-corrected chi connectivity index (χ2v) is 3.89. The summed E-state index contributed by atoms with van der Waals surface area (Å²) in [6, 6.07) is 1.65. The Morgan fingerprint density at radius 3 is 2.81 bits per heavy atom. The number of nitrogen functional groups attached to an aromatic ring is 1. The number of rotatable bonds is 2. The van der Waals surface area contributed by atoms with Gasteiger partial charge in [-0.05, 0) is 6.07 Å². The molecule has 1 aliphatic heterocycles. The average molecular weight is 241 g/mol. The minimum absolute atomic E-state index is 0.0399. The van der Waals surface area contributed by atoms with Crippen LogP contribution < -0.4 is 10.6 Å². The van der Waals surface area contributed by atoms with Crippen molar-refractivity contribution in [1.29, 1.82) is 5.41 Å². The molecule has 1 fully saturated rings. The molecule has 1 aromatic rings. The number of halogens is 1. The topological polar surface area (TPSA) is 75.2 Å². The Hall–Kier alpha value is -1.33. The summed E-state index contributed by atoms with van der Waals surface area (Å²) in [5.41, 5.74) is 5.97. The van der Waals surface area contributed by atoms with Crippen molar-refractivity contribution in [3.63, 3.8) is 0 Å². The predicted octanol–water partition coefficient (Wildman–Crippen LogP) is 0.856. The largest absolute Gasteiger partial charge is 0.384 e. The van der Waals surface area contributed by atoms with Crippen LogP contribution in [-0.2, 0) is 4.74 Å². The molecule has 1 saturated heterocycles. The third-order valence-corrected chi connectivity index (χ3v) is 2.84. The summed E-state index contributed by atoms with van der Waals surface area (Å²) in [7, 11) is 0. The molecule has 3 N–H and O–H groups in total. The quantitative estimate of drug-likeness (QED) is 0.594. The van der Waals surface area contributed by atoms with Crippen molar-refractivity contribution in [3.05, 3.63) is 22.8 Å². The van der Waals surface area contributed by atoms with E-state index in [1.807, 2.05) is 4.90 Å². The zero-order chi connectivity index (χ0) is 11.5. The zero-order valence-corrected chi connectivity index (χ0v) is 9.50. The molecule has 86 valence electrons. The minimum atomic E-state index is -0.0399. The molecular formula is C10H13ClN4O. The number of morpholine rings is 1. The van der Waals surface area contributed by atoms with E-state index in [9.17, 15) is 0 Å². The normalized spacial score (nSPS) is 16.2. The number of nitrogens with two attached hydrogens (primary N) is 1. The van der Waals surface area contributed by atoms with E-state index in [1.165, 1.54) is 0 Å². The Morgan fingerprint density at radius 2 is 2.19 bits per heavy atom. The maximum absolute atomic E-state index is 7.41. The number of pyridine rings is 1. The second-order valence-electron chi connectivity index (χ2n) is 3.51. The molecule has 0 amide bonds. The predicted molar refractivity (Wildman–Crippen MR) is 63.3 cm³/mol. The van der Waals surface area contributed by atoms with Crippen molar-refractivity contribution < 1.29 is 4.74 Å². The molecule has 0 spiro atoms. The van der Waals surface area contributed by atoms with Gasteiger partial charge in [-0.1, -0.05) is 11.6 Å². The number of aromatic nitrogens is 1. The molecule has 2 rings (SSSR count). The highest BCUT2D eigenvalue weighted by molar-refractivity contribution is 6.36. The standard InChI is InChI=1S/C10H13ClN4O/c11-8-7(9(12)13)1-2-14-10(8)15-3-5-16-6-4-15/h1-2H,3-6H2,(H3,12,13). The van der Waals surface area contributed by atoms with E-state index < -0.39 is 0 Å². The zero-order valence-electron chi connectivity index (χ0n) is 8.74. The summed E-state index contributed by atoms with van der Waals surface area (Å²) in [6.45, 7) is 2.85. The first-order valence-electron chi connectivity index (χ1n) is 5.01. The first-order valence-corrected chi connectivity index (χ1v) is 5.39. The van der Waals surface area contributed by atoms with Gasteiger partial charge in [0.1, 0.15) is 11.7 Å². The molecule has 1 aromatic heterocycles. The lowest BCUT2D eigenvalue weighted by molar-refractivity contribution is 0.122. The highest BCUT2D eigenvalue weighted by atomic mass is 35.5. The maximum atomic E-state index is 7.41. The Bertz CT molecular complexity index is 404. The van der Waals surface area contributed by atoms with E-state index in [2.05, 4.69) is 4.98 Å². The maximum Gasteiger partial charge on any atom is 0.148 e. The highest BCUT2D eigenvalue weighted by Gasteiger charge is 2.18. The lowest BCUT2D eigenvalue weighted by Gasteiger charge is -2.28. The Labute approximate surface area is 98.7 Å². The van der Waals surface area contributed by atoms with Crippen molar-refractivity contribution in [2.45, 2.75) is 0 Å². The van der Waals surface area contributed by atoms with Gasteiger partial charge in [0.2, 0.25) is 0 Å². The molecule has 16 heavy (non-hydrogen) atoms. The molecule has 0 saturated carbocycles. The Kier molecular flexibility index (Phi) is 3.26. The molecule has 0 unspecified atom stereocenters. The van der Waals surface area contributed by atoms with Gasteiger partial charge in [0, 0.05) is 24.8 Å². The molecular weight excluding hydrogens is 228 g/mol. The van der Waals surface area contributed by atoms with E-state index >= 15 is 0 Å². The van der Waals surface area contributed by atoms with Crippen LogP contribution >= 0.6 is 11.6 Å². The van der Waals surface area contributed by atoms with Crippen molar-refractivity contribution in [1.82, 2.24) is 4.98 Å². The Morgan fingerprint density at radius 1 is 1.50 bits per heavy atom. The van der Waals surface area contributed by atoms with Crippen LogP contribution in [0.1, 0.15) is 5.56 Å². The van der Waals surface area contributed by atoms with E-state index in [1.54, 1.807) is 12.3 Å². The van der Waals surface area contributed by atoms with Crippen LogP contribution in [0.2, 0.25) is 5.02 Å². The highest BCUT2D eigenvalue weighted by Crippen LogP contribution is 2.26. The fraction of sp³-hybridized carbons (Fsp3) is 0.400. The summed E-state index contributed by atoms with van der Waals surface area (Å²) in [5, 5.41) is 7.85. The van der Waals surface area contributed by atoms with Gasteiger partial charge in [0.25, 0.3) is 0 Å². The van der Waals surface area contributed by atoms with E-state index in [0.29, 0.717) is 29.6 Å². The van der Waals surface area contributed by atoms with E-state index in [4.69, 9.17) is 27.5 Å². The van der Waals surface area contributed by atoms with Crippen LogP contribution in [0.3, 0.4) is 0 Å². The van der Waals surface area contributed by atoms with E-state index in [-0.39, 0.29) is 5.84 Å². The molecule has 1 aliphatic rings. The molecule has 0 aliphatic carbocycles. The molecule has 5 nitrogen and oxygen atoms in total. The van der Waals surface area contributed by atoms with Crippen molar-refractivity contribution >= 4 is 23.3 Å². The van der Waals surface area contributed by atoms with Crippen molar-refractivity contribution in [2.24, 2.45) is 5.73 Å². The first kappa shape index (κ1) is 11.2. The summed E-state index contributed by atoms with van der Waals surface area (Å²) in [5.74, 6) is 0.638. The van der Waals surface area contributed by atoms with Crippen LogP contribution in [-0.4, -0.2) is 37.1 Å². The number of anilines is 1. The van der Waals surface area contributed by atoms with Gasteiger partial charge in [-0.25, -0.2) is 4.98 Å². The lowest BCUT2D eigenvalue weighted by Crippen LogP contribution is -2.37. The number of hydrogen-bond donors (Lipinski definition) is 2. The number of amidine groups is 1. The molecule has 0 bridgehead atoms. The van der Waals surface area contributed by atoms with Crippen molar-refractivity contribution in [3.8, 4) is 0 Å². The van der Waals surface area contributed by atoms with Crippen LogP contribution in [0.15, 0.2) is 12.3 Å². The van der Waals surface area contributed by atoms with Gasteiger partial charge in [-0.3, -0.25) is 5.41 Å². The lowest BCUT2D eigenvalue weighted by atomic mass is 10.2. The number of nitrogens with zero attached hydrogens (tertiary/aromatic N) is 2. The molecule has 6 heteroatoms. The van der Waals surface area contributed by atoms with Gasteiger partial charge >= 0.3 is 0 Å². The number of nitrogens with one attached hydrogen (secondary N) is 1. The average Bonchev–Trinajstić information content (AvgIpc) is 2.30. The molecule has 0 aromatic carbocycles. The SMILES string of the molecule is N=C(N)c1ccnc(N2CCOCC2)c1Cl. The summed E-state index contributed by atoms with van der Waals surface area (Å²) >= 11 is 6.17. The fourth-order valence-electron chi connectivity index (χ4n) is 1.64. The monoisotopic (exact) mass is 240 g/mol. The van der Waals surface area contributed by atoms with E-state index in [0.717, 1.165) is 13.1 Å². The third kappa shape index (κ3) is 2.10. The summed E-state index contributed by atoms with van der Waals surface area (Å²) in [6.07, 6.45) is 1.62. The minimum Gasteiger partial charge on any atom is -0.384 e. The number of hydrogen-bond acceptors (Lipinski definition) is 4. The molecule has 2 heterocycles. The third-order valence-electron chi connectivity index (χ3n) is 2.47. The van der Waals surface area contributed by atoms with Gasteiger partial charge < -0.3 is 15.4 Å². The second kappa shape index (κ2) is 4.67. The molecule has 0 radical (unpaired) electrons. The van der Waals surface area contributed by atoms with Gasteiger partial charge in [-0.15, -0.1) is 0 Å². The van der Waals surface area contributed by atoms with Crippen LogP contribution in [0.4, 0.5) is 5.82 Å². The van der Waals surface area contributed by atoms with Crippen LogP contribution in [0.5, 0.6) is 0 Å². The summed E-state index contributed by atoms with van der Waals surface area (Å²) < 4.78 is 5.26. The molecule has 0 atom stereocenters.